The highest BCUT2D eigenvalue weighted by atomic mass is 19.4. The number of benzene rings is 2. The molecule has 0 bridgehead atoms. The number of carboxylic acids is 1. The largest absolute Gasteiger partial charge is 0.481 e. The van der Waals surface area contributed by atoms with Crippen LogP contribution in [0.25, 0.3) is 0 Å². The predicted molar refractivity (Wildman–Crippen MR) is 83.4 cm³/mol. The van der Waals surface area contributed by atoms with E-state index >= 15 is 0 Å². The van der Waals surface area contributed by atoms with E-state index in [-0.39, 0.29) is 18.1 Å². The van der Waals surface area contributed by atoms with Crippen molar-refractivity contribution in [2.45, 2.75) is 32.4 Å². The highest BCUT2D eigenvalue weighted by Crippen LogP contribution is 2.35. The fourth-order valence-corrected chi connectivity index (χ4v) is 2.29. The number of hydrogen-bond donors (Lipinski definition) is 1. The SMILES string of the molecule is CC(C)c1cc(CC(=O)O)ccc1Oc1cccc(C(F)(F)F)c1. The van der Waals surface area contributed by atoms with Gasteiger partial charge in [0.15, 0.2) is 0 Å². The Morgan fingerprint density at radius 3 is 2.46 bits per heavy atom. The van der Waals surface area contributed by atoms with Gasteiger partial charge in [-0.25, -0.2) is 0 Å². The summed E-state index contributed by atoms with van der Waals surface area (Å²) in [6.45, 7) is 3.80. The third-order valence-corrected chi connectivity index (χ3v) is 3.44. The van der Waals surface area contributed by atoms with Gasteiger partial charge in [0, 0.05) is 0 Å². The molecule has 0 radical (unpaired) electrons. The van der Waals surface area contributed by atoms with Gasteiger partial charge in [0.1, 0.15) is 11.5 Å². The van der Waals surface area contributed by atoms with Crippen LogP contribution < -0.4 is 4.74 Å². The van der Waals surface area contributed by atoms with Crippen molar-refractivity contribution in [3.05, 3.63) is 59.2 Å². The molecule has 0 fully saturated rings. The smallest absolute Gasteiger partial charge is 0.416 e. The molecule has 0 atom stereocenters. The Bertz CT molecular complexity index is 737. The highest BCUT2D eigenvalue weighted by molar-refractivity contribution is 5.70. The number of hydrogen-bond acceptors (Lipinski definition) is 2. The van der Waals surface area contributed by atoms with Crippen LogP contribution in [0, 0.1) is 0 Å². The highest BCUT2D eigenvalue weighted by Gasteiger charge is 2.30. The van der Waals surface area contributed by atoms with E-state index in [2.05, 4.69) is 0 Å². The van der Waals surface area contributed by atoms with Gasteiger partial charge in [0.2, 0.25) is 0 Å². The quantitative estimate of drug-likeness (QED) is 0.810. The van der Waals surface area contributed by atoms with Gasteiger partial charge < -0.3 is 9.84 Å². The Labute approximate surface area is 137 Å². The molecule has 24 heavy (non-hydrogen) atoms. The van der Waals surface area contributed by atoms with E-state index < -0.39 is 17.7 Å². The molecule has 2 aromatic rings. The van der Waals surface area contributed by atoms with E-state index in [9.17, 15) is 18.0 Å². The van der Waals surface area contributed by atoms with Crippen LogP contribution in [-0.2, 0) is 17.4 Å². The lowest BCUT2D eigenvalue weighted by Crippen LogP contribution is -2.05. The third kappa shape index (κ3) is 4.50. The lowest BCUT2D eigenvalue weighted by Gasteiger charge is -2.16. The van der Waals surface area contributed by atoms with Gasteiger partial charge in [-0.1, -0.05) is 32.0 Å². The molecular weight excluding hydrogens is 321 g/mol. The molecule has 2 rings (SSSR count). The number of halogens is 3. The molecule has 0 unspecified atom stereocenters. The maximum Gasteiger partial charge on any atom is 0.416 e. The number of alkyl halides is 3. The van der Waals surface area contributed by atoms with Gasteiger partial charge in [-0.05, 0) is 41.3 Å². The minimum absolute atomic E-state index is 0.0274. The first-order chi connectivity index (χ1) is 11.2. The Hall–Kier alpha value is -2.50. The van der Waals surface area contributed by atoms with Crippen molar-refractivity contribution in [2.75, 3.05) is 0 Å². The Morgan fingerprint density at radius 2 is 1.88 bits per heavy atom. The van der Waals surface area contributed by atoms with Crippen molar-refractivity contribution in [3.63, 3.8) is 0 Å². The fraction of sp³-hybridized carbons (Fsp3) is 0.278. The van der Waals surface area contributed by atoms with Crippen LogP contribution in [0.2, 0.25) is 0 Å². The first kappa shape index (κ1) is 17.8. The van der Waals surface area contributed by atoms with Gasteiger partial charge in [0.25, 0.3) is 0 Å². The first-order valence-electron chi connectivity index (χ1n) is 7.36. The number of rotatable bonds is 5. The van der Waals surface area contributed by atoms with Gasteiger partial charge in [-0.2, -0.15) is 13.2 Å². The van der Waals surface area contributed by atoms with Gasteiger partial charge in [0.05, 0.1) is 12.0 Å². The van der Waals surface area contributed by atoms with Crippen molar-refractivity contribution in [3.8, 4) is 11.5 Å². The molecule has 0 saturated heterocycles. The fourth-order valence-electron chi connectivity index (χ4n) is 2.29. The molecule has 0 aliphatic heterocycles. The van der Waals surface area contributed by atoms with Gasteiger partial charge >= 0.3 is 12.1 Å². The standard InChI is InChI=1S/C18H17F3O3/c1-11(2)15-8-12(9-17(22)23)6-7-16(15)24-14-5-3-4-13(10-14)18(19,20)21/h3-8,10-11H,9H2,1-2H3,(H,22,23). The molecule has 0 aliphatic rings. The number of carboxylic acid groups (broad SMARTS) is 1. The molecule has 2 aromatic carbocycles. The number of aliphatic carboxylic acids is 1. The molecule has 3 nitrogen and oxygen atoms in total. The lowest BCUT2D eigenvalue weighted by atomic mass is 9.98. The van der Waals surface area contributed by atoms with Crippen LogP contribution in [0.4, 0.5) is 13.2 Å². The van der Waals surface area contributed by atoms with Gasteiger partial charge in [-0.3, -0.25) is 4.79 Å². The van der Waals surface area contributed by atoms with Crippen LogP contribution >= 0.6 is 0 Å². The Morgan fingerprint density at radius 1 is 1.17 bits per heavy atom. The second-order valence-corrected chi connectivity index (χ2v) is 5.73. The van der Waals surface area contributed by atoms with Crippen molar-refractivity contribution in [1.29, 1.82) is 0 Å². The van der Waals surface area contributed by atoms with Crippen LogP contribution in [0.15, 0.2) is 42.5 Å². The molecule has 128 valence electrons. The predicted octanol–water partition coefficient (Wildman–Crippen LogP) is 5.25. The van der Waals surface area contributed by atoms with E-state index in [1.54, 1.807) is 18.2 Å². The van der Waals surface area contributed by atoms with Crippen LogP contribution in [0.3, 0.4) is 0 Å². The summed E-state index contributed by atoms with van der Waals surface area (Å²) < 4.78 is 44.0. The maximum atomic E-state index is 12.8. The summed E-state index contributed by atoms with van der Waals surface area (Å²) in [5, 5.41) is 8.87. The summed E-state index contributed by atoms with van der Waals surface area (Å²) in [6, 6.07) is 9.55. The van der Waals surface area contributed by atoms with Crippen LogP contribution in [-0.4, -0.2) is 11.1 Å². The molecule has 0 heterocycles. The molecule has 0 saturated carbocycles. The summed E-state index contributed by atoms with van der Waals surface area (Å²) in [6.07, 6.45) is -4.56. The van der Waals surface area contributed by atoms with E-state index in [1.165, 1.54) is 12.1 Å². The molecular formula is C18H17F3O3. The molecule has 0 aliphatic carbocycles. The zero-order chi connectivity index (χ0) is 17.9. The van der Waals surface area contributed by atoms with Crippen molar-refractivity contribution >= 4 is 5.97 Å². The monoisotopic (exact) mass is 338 g/mol. The minimum Gasteiger partial charge on any atom is -0.481 e. The van der Waals surface area contributed by atoms with Crippen molar-refractivity contribution in [2.24, 2.45) is 0 Å². The zero-order valence-corrected chi connectivity index (χ0v) is 13.2. The lowest BCUT2D eigenvalue weighted by molar-refractivity contribution is -0.138. The maximum absolute atomic E-state index is 12.8. The third-order valence-electron chi connectivity index (χ3n) is 3.44. The van der Waals surface area contributed by atoms with E-state index in [4.69, 9.17) is 9.84 Å². The molecule has 0 spiro atoms. The average molecular weight is 338 g/mol. The number of carbonyl (C=O) groups is 1. The normalized spacial score (nSPS) is 11.6. The summed E-state index contributed by atoms with van der Waals surface area (Å²) in [5.41, 5.74) is 0.572. The summed E-state index contributed by atoms with van der Waals surface area (Å²) in [5.74, 6) is -0.424. The van der Waals surface area contributed by atoms with E-state index in [1.807, 2.05) is 13.8 Å². The minimum atomic E-state index is -4.44. The second-order valence-electron chi connectivity index (χ2n) is 5.73. The Kier molecular flexibility index (Phi) is 5.17. The summed E-state index contributed by atoms with van der Waals surface area (Å²) in [4.78, 5) is 10.8. The van der Waals surface area contributed by atoms with Crippen molar-refractivity contribution < 1.29 is 27.8 Å². The Balaban J connectivity index is 2.34. The second kappa shape index (κ2) is 6.95. The van der Waals surface area contributed by atoms with E-state index in [0.29, 0.717) is 11.3 Å². The first-order valence-corrected chi connectivity index (χ1v) is 7.36. The van der Waals surface area contributed by atoms with Gasteiger partial charge in [-0.15, -0.1) is 0 Å². The van der Waals surface area contributed by atoms with Crippen LogP contribution in [0.1, 0.15) is 36.5 Å². The van der Waals surface area contributed by atoms with Crippen molar-refractivity contribution in [1.82, 2.24) is 0 Å². The summed E-state index contributed by atoms with van der Waals surface area (Å²) in [7, 11) is 0. The zero-order valence-electron chi connectivity index (χ0n) is 13.2. The molecule has 1 N–H and O–H groups in total. The average Bonchev–Trinajstić information content (AvgIpc) is 2.47. The molecule has 6 heteroatoms. The summed E-state index contributed by atoms with van der Waals surface area (Å²) >= 11 is 0. The van der Waals surface area contributed by atoms with Crippen LogP contribution in [0.5, 0.6) is 11.5 Å². The van der Waals surface area contributed by atoms with E-state index in [0.717, 1.165) is 17.7 Å². The molecule has 0 amide bonds. The molecule has 0 aromatic heterocycles. The topological polar surface area (TPSA) is 46.5 Å². The number of ether oxygens (including phenoxy) is 1.